The molecule has 0 spiro atoms. The minimum atomic E-state index is -0.168. The van der Waals surface area contributed by atoms with E-state index in [1.165, 1.54) is 0 Å². The standard InChI is InChI=1S/C20H31N3O3/c1-14(2)11-22(12-15(3)4)20(25)21-16-10-19(24)23(13-16)17-6-8-18(26-5)9-7-17/h6-9,14-16H,10-13H2,1-5H3,(H,21,25)/t16-/m1/s1. The van der Waals surface area contributed by atoms with Crippen molar-refractivity contribution in [2.24, 2.45) is 11.8 Å². The highest BCUT2D eigenvalue weighted by Gasteiger charge is 2.32. The normalized spacial score (nSPS) is 17.1. The number of benzene rings is 1. The molecule has 1 aromatic carbocycles. The zero-order chi connectivity index (χ0) is 19.3. The number of urea groups is 1. The molecule has 0 aliphatic carbocycles. The molecule has 6 nitrogen and oxygen atoms in total. The van der Waals surface area contributed by atoms with Crippen LogP contribution in [0.4, 0.5) is 10.5 Å². The molecule has 0 radical (unpaired) electrons. The summed E-state index contributed by atoms with van der Waals surface area (Å²) in [7, 11) is 1.61. The maximum absolute atomic E-state index is 12.7. The van der Waals surface area contributed by atoms with Gasteiger partial charge in [0.15, 0.2) is 0 Å². The van der Waals surface area contributed by atoms with Crippen LogP contribution < -0.4 is 15.0 Å². The van der Waals surface area contributed by atoms with Crippen LogP contribution in [0, 0.1) is 11.8 Å². The molecule has 2 rings (SSSR count). The Morgan fingerprint density at radius 1 is 1.19 bits per heavy atom. The number of carbonyl (C=O) groups is 2. The lowest BCUT2D eigenvalue weighted by Crippen LogP contribution is -2.48. The number of rotatable bonds is 7. The lowest BCUT2D eigenvalue weighted by atomic mass is 10.1. The van der Waals surface area contributed by atoms with Crippen molar-refractivity contribution in [3.05, 3.63) is 24.3 Å². The summed E-state index contributed by atoms with van der Waals surface area (Å²) in [6.07, 6.45) is 0.328. The first-order valence-electron chi connectivity index (χ1n) is 9.30. The fourth-order valence-electron chi connectivity index (χ4n) is 3.20. The molecule has 1 saturated heterocycles. The Balaban J connectivity index is 1.99. The van der Waals surface area contributed by atoms with E-state index < -0.39 is 0 Å². The van der Waals surface area contributed by atoms with E-state index in [-0.39, 0.29) is 18.0 Å². The first-order chi connectivity index (χ1) is 12.3. The molecule has 1 aromatic rings. The molecular weight excluding hydrogens is 330 g/mol. The molecule has 1 fully saturated rings. The third kappa shape index (κ3) is 5.38. The summed E-state index contributed by atoms with van der Waals surface area (Å²) in [6, 6.07) is 7.15. The summed E-state index contributed by atoms with van der Waals surface area (Å²) in [4.78, 5) is 28.6. The van der Waals surface area contributed by atoms with Crippen molar-refractivity contribution >= 4 is 17.6 Å². The highest BCUT2D eigenvalue weighted by Crippen LogP contribution is 2.24. The van der Waals surface area contributed by atoms with E-state index in [4.69, 9.17) is 4.74 Å². The molecule has 0 saturated carbocycles. The second kappa shape index (κ2) is 8.92. The Kier molecular flexibility index (Phi) is 6.89. The van der Waals surface area contributed by atoms with Crippen LogP contribution in [0.5, 0.6) is 5.75 Å². The van der Waals surface area contributed by atoms with Crippen LogP contribution in [0.1, 0.15) is 34.1 Å². The number of methoxy groups -OCH3 is 1. The van der Waals surface area contributed by atoms with E-state index in [2.05, 4.69) is 33.0 Å². The van der Waals surface area contributed by atoms with E-state index in [9.17, 15) is 9.59 Å². The maximum Gasteiger partial charge on any atom is 0.317 e. The summed E-state index contributed by atoms with van der Waals surface area (Å²) in [5.41, 5.74) is 0.828. The fraction of sp³-hybridized carbons (Fsp3) is 0.600. The number of anilines is 1. The van der Waals surface area contributed by atoms with Gasteiger partial charge in [0.1, 0.15) is 5.75 Å². The summed E-state index contributed by atoms with van der Waals surface area (Å²) >= 11 is 0. The van der Waals surface area contributed by atoms with Crippen molar-refractivity contribution in [1.29, 1.82) is 0 Å². The molecule has 6 heteroatoms. The number of hydrogen-bond donors (Lipinski definition) is 1. The minimum Gasteiger partial charge on any atom is -0.497 e. The Bertz CT molecular complexity index is 603. The van der Waals surface area contributed by atoms with E-state index in [1.807, 2.05) is 29.2 Å². The largest absolute Gasteiger partial charge is 0.497 e. The topological polar surface area (TPSA) is 61.9 Å². The molecule has 1 atom stereocenters. The van der Waals surface area contributed by atoms with Gasteiger partial charge in [0, 0.05) is 31.7 Å². The summed E-state index contributed by atoms with van der Waals surface area (Å²) in [5.74, 6) is 1.59. The zero-order valence-electron chi connectivity index (χ0n) is 16.5. The SMILES string of the molecule is COc1ccc(N2C[C@H](NC(=O)N(CC(C)C)CC(C)C)CC2=O)cc1. The minimum absolute atomic E-state index is 0.0275. The zero-order valence-corrected chi connectivity index (χ0v) is 16.5. The molecule has 0 aromatic heterocycles. The van der Waals surface area contributed by atoms with Gasteiger partial charge in [0.25, 0.3) is 0 Å². The fourth-order valence-corrected chi connectivity index (χ4v) is 3.20. The Morgan fingerprint density at radius 3 is 2.27 bits per heavy atom. The molecule has 0 unspecified atom stereocenters. The molecule has 1 N–H and O–H groups in total. The number of carbonyl (C=O) groups excluding carboxylic acids is 2. The maximum atomic E-state index is 12.7. The van der Waals surface area contributed by atoms with Crippen molar-refractivity contribution in [2.45, 2.75) is 40.2 Å². The lowest BCUT2D eigenvalue weighted by Gasteiger charge is -2.28. The summed E-state index contributed by atoms with van der Waals surface area (Å²) in [6.45, 7) is 10.3. The van der Waals surface area contributed by atoms with E-state index >= 15 is 0 Å². The highest BCUT2D eigenvalue weighted by molar-refractivity contribution is 5.96. The van der Waals surface area contributed by atoms with Gasteiger partial charge < -0.3 is 19.9 Å². The monoisotopic (exact) mass is 361 g/mol. The average Bonchev–Trinajstić information content (AvgIpc) is 2.93. The van der Waals surface area contributed by atoms with Crippen LogP contribution in [0.15, 0.2) is 24.3 Å². The van der Waals surface area contributed by atoms with Crippen molar-refractivity contribution in [3.8, 4) is 5.75 Å². The lowest BCUT2D eigenvalue weighted by molar-refractivity contribution is -0.117. The summed E-state index contributed by atoms with van der Waals surface area (Å²) in [5, 5.41) is 3.04. The van der Waals surface area contributed by atoms with Gasteiger partial charge in [-0.3, -0.25) is 4.79 Å². The van der Waals surface area contributed by atoms with E-state index in [1.54, 1.807) is 12.0 Å². The first kappa shape index (κ1) is 20.1. The molecule has 1 aliphatic heterocycles. The van der Waals surface area contributed by atoms with Gasteiger partial charge >= 0.3 is 6.03 Å². The third-order valence-electron chi connectivity index (χ3n) is 4.30. The van der Waals surface area contributed by atoms with Crippen LogP contribution in [0.25, 0.3) is 0 Å². The predicted octanol–water partition coefficient (Wildman–Crippen LogP) is 3.12. The van der Waals surface area contributed by atoms with Crippen LogP contribution in [-0.4, -0.2) is 49.6 Å². The molecule has 26 heavy (non-hydrogen) atoms. The van der Waals surface area contributed by atoms with Crippen LogP contribution in [0.3, 0.4) is 0 Å². The molecule has 1 aliphatic rings. The first-order valence-corrected chi connectivity index (χ1v) is 9.30. The van der Waals surface area contributed by atoms with Crippen molar-refractivity contribution < 1.29 is 14.3 Å². The molecule has 144 valence electrons. The quantitative estimate of drug-likeness (QED) is 0.812. The van der Waals surface area contributed by atoms with Crippen molar-refractivity contribution in [2.75, 3.05) is 31.6 Å². The number of amides is 3. The number of hydrogen-bond acceptors (Lipinski definition) is 3. The van der Waals surface area contributed by atoms with Gasteiger partial charge in [-0.2, -0.15) is 0 Å². The number of nitrogens with zero attached hydrogens (tertiary/aromatic N) is 2. The van der Waals surface area contributed by atoms with Gasteiger partial charge in [-0.1, -0.05) is 27.7 Å². The van der Waals surface area contributed by atoms with Crippen molar-refractivity contribution in [3.63, 3.8) is 0 Å². The number of ether oxygens (including phenoxy) is 1. The average molecular weight is 361 g/mol. The van der Waals surface area contributed by atoms with Gasteiger partial charge in [-0.25, -0.2) is 4.79 Å². The van der Waals surface area contributed by atoms with Crippen LogP contribution >= 0.6 is 0 Å². The molecular formula is C20H31N3O3. The second-order valence-corrected chi connectivity index (χ2v) is 7.75. The van der Waals surface area contributed by atoms with Crippen molar-refractivity contribution in [1.82, 2.24) is 10.2 Å². The van der Waals surface area contributed by atoms with Gasteiger partial charge in [-0.05, 0) is 36.1 Å². The molecule has 1 heterocycles. The van der Waals surface area contributed by atoms with Crippen LogP contribution in [0.2, 0.25) is 0 Å². The molecule has 3 amide bonds. The van der Waals surface area contributed by atoms with Gasteiger partial charge in [-0.15, -0.1) is 0 Å². The summed E-state index contributed by atoms with van der Waals surface area (Å²) < 4.78 is 5.16. The third-order valence-corrected chi connectivity index (χ3v) is 4.30. The Hall–Kier alpha value is -2.24. The Labute approximate surface area is 156 Å². The number of nitrogens with one attached hydrogen (secondary N) is 1. The van der Waals surface area contributed by atoms with Gasteiger partial charge in [0.2, 0.25) is 5.91 Å². The van der Waals surface area contributed by atoms with E-state index in [0.29, 0.717) is 37.9 Å². The Morgan fingerprint density at radius 2 is 1.77 bits per heavy atom. The highest BCUT2D eigenvalue weighted by atomic mass is 16.5. The predicted molar refractivity (Wildman–Crippen MR) is 104 cm³/mol. The second-order valence-electron chi connectivity index (χ2n) is 7.75. The van der Waals surface area contributed by atoms with Crippen LogP contribution in [-0.2, 0) is 4.79 Å². The van der Waals surface area contributed by atoms with E-state index in [0.717, 1.165) is 11.4 Å². The van der Waals surface area contributed by atoms with Gasteiger partial charge in [0.05, 0.1) is 13.2 Å². The smallest absolute Gasteiger partial charge is 0.317 e. The molecule has 0 bridgehead atoms.